The van der Waals surface area contributed by atoms with Crippen molar-refractivity contribution in [3.63, 3.8) is 0 Å². The minimum atomic E-state index is 0.319. The van der Waals surface area contributed by atoms with Crippen LogP contribution in [0.4, 0.5) is 0 Å². The second-order valence-corrected chi connectivity index (χ2v) is 4.50. The Hall–Kier alpha value is -1.69. The minimum absolute atomic E-state index is 0.319. The molecule has 2 rings (SSSR count). The van der Waals surface area contributed by atoms with Gasteiger partial charge in [0.15, 0.2) is 0 Å². The van der Waals surface area contributed by atoms with Crippen molar-refractivity contribution in [3.05, 3.63) is 30.1 Å². The van der Waals surface area contributed by atoms with Gasteiger partial charge in [0.1, 0.15) is 18.7 Å². The average Bonchev–Trinajstić information content (AvgIpc) is 2.96. The van der Waals surface area contributed by atoms with E-state index >= 15 is 0 Å². The Kier molecular flexibility index (Phi) is 4.09. The molecule has 0 aliphatic heterocycles. The highest BCUT2D eigenvalue weighted by molar-refractivity contribution is 5.00. The molecule has 0 saturated carbocycles. The SMILES string of the molecule is CCNCc1ccn(Cc2ncnn2C(C)C)n1. The topological polar surface area (TPSA) is 60.6 Å². The Morgan fingerprint density at radius 2 is 2.22 bits per heavy atom. The van der Waals surface area contributed by atoms with Gasteiger partial charge >= 0.3 is 0 Å². The molecule has 18 heavy (non-hydrogen) atoms. The number of rotatable bonds is 6. The molecule has 1 N–H and O–H groups in total. The summed E-state index contributed by atoms with van der Waals surface area (Å²) < 4.78 is 3.82. The molecule has 98 valence electrons. The van der Waals surface area contributed by atoms with Crippen LogP contribution in [0.5, 0.6) is 0 Å². The van der Waals surface area contributed by atoms with Crippen LogP contribution in [0.25, 0.3) is 0 Å². The van der Waals surface area contributed by atoms with E-state index in [4.69, 9.17) is 0 Å². The largest absolute Gasteiger partial charge is 0.311 e. The zero-order chi connectivity index (χ0) is 13.0. The molecular weight excluding hydrogens is 228 g/mol. The summed E-state index contributed by atoms with van der Waals surface area (Å²) >= 11 is 0. The van der Waals surface area contributed by atoms with Crippen LogP contribution < -0.4 is 5.32 Å². The van der Waals surface area contributed by atoms with Crippen molar-refractivity contribution in [1.29, 1.82) is 0 Å². The van der Waals surface area contributed by atoms with E-state index in [-0.39, 0.29) is 0 Å². The highest BCUT2D eigenvalue weighted by Gasteiger charge is 2.08. The van der Waals surface area contributed by atoms with Crippen LogP contribution in [0.1, 0.15) is 38.3 Å². The fourth-order valence-corrected chi connectivity index (χ4v) is 1.80. The molecule has 0 saturated heterocycles. The van der Waals surface area contributed by atoms with Gasteiger partial charge in [-0.05, 0) is 26.5 Å². The predicted octanol–water partition coefficient (Wildman–Crippen LogP) is 1.21. The van der Waals surface area contributed by atoms with E-state index in [1.165, 1.54) is 0 Å². The van der Waals surface area contributed by atoms with E-state index in [9.17, 15) is 0 Å². The van der Waals surface area contributed by atoms with Crippen molar-refractivity contribution < 1.29 is 0 Å². The van der Waals surface area contributed by atoms with Gasteiger partial charge in [-0.15, -0.1) is 0 Å². The smallest absolute Gasteiger partial charge is 0.148 e. The molecule has 6 nitrogen and oxygen atoms in total. The molecule has 0 amide bonds. The van der Waals surface area contributed by atoms with Crippen LogP contribution in [-0.2, 0) is 13.1 Å². The van der Waals surface area contributed by atoms with Crippen molar-refractivity contribution >= 4 is 0 Å². The summed E-state index contributed by atoms with van der Waals surface area (Å²) in [6.07, 6.45) is 3.57. The summed E-state index contributed by atoms with van der Waals surface area (Å²) in [6, 6.07) is 2.35. The van der Waals surface area contributed by atoms with E-state index in [0.29, 0.717) is 12.6 Å². The summed E-state index contributed by atoms with van der Waals surface area (Å²) in [5, 5.41) is 12.0. The molecule has 0 unspecified atom stereocenters. The molecule has 2 aromatic heterocycles. The fourth-order valence-electron chi connectivity index (χ4n) is 1.80. The molecule has 0 fully saturated rings. The van der Waals surface area contributed by atoms with Gasteiger partial charge in [0.2, 0.25) is 0 Å². The van der Waals surface area contributed by atoms with Gasteiger partial charge in [0.05, 0.1) is 5.69 Å². The zero-order valence-corrected chi connectivity index (χ0v) is 11.2. The zero-order valence-electron chi connectivity index (χ0n) is 11.2. The van der Waals surface area contributed by atoms with Gasteiger partial charge in [-0.25, -0.2) is 9.67 Å². The molecule has 0 atom stereocenters. The summed E-state index contributed by atoms with van der Waals surface area (Å²) in [5.41, 5.74) is 1.05. The first kappa shape index (κ1) is 12.8. The van der Waals surface area contributed by atoms with Crippen LogP contribution in [0, 0.1) is 0 Å². The first-order valence-electron chi connectivity index (χ1n) is 6.32. The van der Waals surface area contributed by atoms with E-state index in [1.807, 2.05) is 21.6 Å². The van der Waals surface area contributed by atoms with Crippen molar-refractivity contribution in [2.45, 2.75) is 39.9 Å². The number of hydrogen-bond acceptors (Lipinski definition) is 4. The Balaban J connectivity index is 2.04. The third-order valence-electron chi connectivity index (χ3n) is 2.69. The van der Waals surface area contributed by atoms with Crippen molar-refractivity contribution in [2.24, 2.45) is 0 Å². The molecule has 0 aliphatic rings. The second kappa shape index (κ2) is 5.77. The second-order valence-electron chi connectivity index (χ2n) is 4.50. The van der Waals surface area contributed by atoms with Crippen LogP contribution in [-0.4, -0.2) is 31.1 Å². The van der Waals surface area contributed by atoms with Crippen LogP contribution >= 0.6 is 0 Å². The molecular formula is C12H20N6. The van der Waals surface area contributed by atoms with Gasteiger partial charge in [0, 0.05) is 18.8 Å². The third-order valence-corrected chi connectivity index (χ3v) is 2.69. The Labute approximate surface area is 107 Å². The quantitative estimate of drug-likeness (QED) is 0.835. The molecule has 0 aromatic carbocycles. The lowest BCUT2D eigenvalue weighted by Gasteiger charge is -2.09. The maximum Gasteiger partial charge on any atom is 0.148 e. The van der Waals surface area contributed by atoms with Crippen molar-refractivity contribution in [2.75, 3.05) is 6.54 Å². The lowest BCUT2D eigenvalue weighted by Crippen LogP contribution is -2.14. The molecule has 0 spiro atoms. The number of nitrogens with one attached hydrogen (secondary N) is 1. The summed E-state index contributed by atoms with van der Waals surface area (Å²) in [5.74, 6) is 0.933. The molecule has 6 heteroatoms. The van der Waals surface area contributed by atoms with Crippen LogP contribution in [0.3, 0.4) is 0 Å². The highest BCUT2D eigenvalue weighted by Crippen LogP contribution is 2.07. The van der Waals surface area contributed by atoms with E-state index in [0.717, 1.165) is 24.6 Å². The van der Waals surface area contributed by atoms with Gasteiger partial charge in [-0.3, -0.25) is 4.68 Å². The molecule has 0 radical (unpaired) electrons. The lowest BCUT2D eigenvalue weighted by molar-refractivity contribution is 0.486. The average molecular weight is 248 g/mol. The fraction of sp³-hybridized carbons (Fsp3) is 0.583. The molecule has 0 bridgehead atoms. The summed E-state index contributed by atoms with van der Waals surface area (Å²) in [7, 11) is 0. The Morgan fingerprint density at radius 3 is 2.94 bits per heavy atom. The van der Waals surface area contributed by atoms with Gasteiger partial charge in [0.25, 0.3) is 0 Å². The predicted molar refractivity (Wildman–Crippen MR) is 69.1 cm³/mol. The first-order chi connectivity index (χ1) is 8.70. The molecule has 2 aromatic rings. The van der Waals surface area contributed by atoms with E-state index in [1.54, 1.807) is 6.33 Å². The Morgan fingerprint density at radius 1 is 1.39 bits per heavy atom. The molecule has 0 aliphatic carbocycles. The van der Waals surface area contributed by atoms with Gasteiger partial charge < -0.3 is 5.32 Å². The van der Waals surface area contributed by atoms with Gasteiger partial charge in [-0.1, -0.05) is 6.92 Å². The Bertz CT molecular complexity index is 484. The minimum Gasteiger partial charge on any atom is -0.311 e. The monoisotopic (exact) mass is 248 g/mol. The van der Waals surface area contributed by atoms with Crippen LogP contribution in [0.2, 0.25) is 0 Å². The van der Waals surface area contributed by atoms with Crippen molar-refractivity contribution in [3.8, 4) is 0 Å². The maximum atomic E-state index is 4.50. The van der Waals surface area contributed by atoms with Crippen LogP contribution in [0.15, 0.2) is 18.6 Å². The van der Waals surface area contributed by atoms with Crippen molar-refractivity contribution in [1.82, 2.24) is 29.9 Å². The normalized spacial score (nSPS) is 11.3. The van der Waals surface area contributed by atoms with Gasteiger partial charge in [-0.2, -0.15) is 10.2 Å². The van der Waals surface area contributed by atoms with E-state index in [2.05, 4.69) is 41.3 Å². The first-order valence-corrected chi connectivity index (χ1v) is 6.32. The van der Waals surface area contributed by atoms with E-state index < -0.39 is 0 Å². The number of nitrogens with zero attached hydrogens (tertiary/aromatic N) is 5. The number of hydrogen-bond donors (Lipinski definition) is 1. The standard InChI is InChI=1S/C12H20N6/c1-4-13-7-11-5-6-17(16-11)8-12-14-9-15-18(12)10(2)3/h5-6,9-10,13H,4,7-8H2,1-3H3. The summed E-state index contributed by atoms with van der Waals surface area (Å²) in [4.78, 5) is 4.28. The number of aromatic nitrogens is 5. The third kappa shape index (κ3) is 2.95. The molecule has 2 heterocycles. The summed E-state index contributed by atoms with van der Waals surface area (Å²) in [6.45, 7) is 8.69. The highest BCUT2D eigenvalue weighted by atomic mass is 15.4. The lowest BCUT2D eigenvalue weighted by atomic mass is 10.4. The maximum absolute atomic E-state index is 4.50.